The molecule has 10 rings (SSSR count). The predicted octanol–water partition coefficient (Wildman–Crippen LogP) is 12.4. The number of hydrogen-bond donors (Lipinski definition) is 0. The summed E-state index contributed by atoms with van der Waals surface area (Å²) < 4.78 is 16.1. The SMILES string of the molecule is C=C/C=C\c1c(C)oc2c(-n3c4ccc5ccccc5c4c4c5oc6c7ccccc7ccc6c5c5ccccc5c43)cccc12. The molecule has 0 aliphatic rings. The second kappa shape index (κ2) is 9.23. The van der Waals surface area contributed by atoms with Gasteiger partial charge in [0, 0.05) is 37.9 Å². The van der Waals surface area contributed by atoms with Gasteiger partial charge in [0.1, 0.15) is 16.9 Å². The normalized spacial score (nSPS) is 12.5. The maximum absolute atomic E-state index is 7.09. The molecular weight excluding hydrogens is 562 g/mol. The predicted molar refractivity (Wildman–Crippen MR) is 194 cm³/mol. The fraction of sp³-hybridized carbons (Fsp3) is 0.0233. The van der Waals surface area contributed by atoms with Crippen molar-refractivity contribution in [1.29, 1.82) is 0 Å². The van der Waals surface area contributed by atoms with E-state index in [0.29, 0.717) is 0 Å². The molecule has 46 heavy (non-hydrogen) atoms. The van der Waals surface area contributed by atoms with Crippen molar-refractivity contribution in [3.63, 3.8) is 0 Å². The van der Waals surface area contributed by atoms with E-state index in [2.05, 4.69) is 132 Å². The zero-order valence-electron chi connectivity index (χ0n) is 25.2. The Bertz CT molecular complexity index is 2940. The Kier molecular flexibility index (Phi) is 5.07. The van der Waals surface area contributed by atoms with Crippen LogP contribution in [0.4, 0.5) is 0 Å². The fourth-order valence-electron chi connectivity index (χ4n) is 7.75. The van der Waals surface area contributed by atoms with E-state index in [9.17, 15) is 0 Å². The number of allylic oxidation sites excluding steroid dienone is 2. The van der Waals surface area contributed by atoms with E-state index in [0.717, 1.165) is 71.7 Å². The minimum Gasteiger partial charge on any atom is -0.459 e. The summed E-state index contributed by atoms with van der Waals surface area (Å²) in [7, 11) is 0. The highest BCUT2D eigenvalue weighted by Gasteiger charge is 2.26. The van der Waals surface area contributed by atoms with Crippen LogP contribution in [0, 0.1) is 6.92 Å². The van der Waals surface area contributed by atoms with Gasteiger partial charge in [-0.25, -0.2) is 0 Å². The van der Waals surface area contributed by atoms with E-state index < -0.39 is 0 Å². The van der Waals surface area contributed by atoms with E-state index in [1.165, 1.54) is 32.3 Å². The van der Waals surface area contributed by atoms with Crippen LogP contribution in [0.15, 0.2) is 143 Å². The number of fused-ring (bicyclic) bond motifs is 15. The largest absolute Gasteiger partial charge is 0.459 e. The molecule has 10 aromatic rings. The summed E-state index contributed by atoms with van der Waals surface area (Å²) in [6.07, 6.45) is 5.84. The number of para-hydroxylation sites is 1. The molecule has 0 aliphatic heterocycles. The van der Waals surface area contributed by atoms with Crippen molar-refractivity contribution >= 4 is 93.1 Å². The number of furan rings is 2. The monoisotopic (exact) mass is 589 g/mol. The summed E-state index contributed by atoms with van der Waals surface area (Å²) in [4.78, 5) is 0. The van der Waals surface area contributed by atoms with Gasteiger partial charge < -0.3 is 13.4 Å². The Balaban J connectivity index is 1.50. The average molecular weight is 590 g/mol. The Labute approximate surface area is 263 Å². The van der Waals surface area contributed by atoms with E-state index >= 15 is 0 Å². The van der Waals surface area contributed by atoms with Gasteiger partial charge in [0.25, 0.3) is 0 Å². The van der Waals surface area contributed by atoms with Gasteiger partial charge in [-0.1, -0.05) is 122 Å². The third-order valence-corrected chi connectivity index (χ3v) is 9.68. The summed E-state index contributed by atoms with van der Waals surface area (Å²) in [5.74, 6) is 0.878. The average Bonchev–Trinajstić information content (AvgIpc) is 3.76. The topological polar surface area (TPSA) is 31.2 Å². The van der Waals surface area contributed by atoms with Crippen molar-refractivity contribution in [2.75, 3.05) is 0 Å². The Morgan fingerprint density at radius 1 is 0.543 bits per heavy atom. The van der Waals surface area contributed by atoms with E-state index in [4.69, 9.17) is 8.83 Å². The van der Waals surface area contributed by atoms with Gasteiger partial charge in [-0.3, -0.25) is 0 Å². The molecule has 3 heteroatoms. The highest BCUT2D eigenvalue weighted by atomic mass is 16.3. The Hall–Kier alpha value is -6.06. The van der Waals surface area contributed by atoms with Gasteiger partial charge >= 0.3 is 0 Å². The smallest absolute Gasteiger partial charge is 0.158 e. The molecule has 0 fully saturated rings. The van der Waals surface area contributed by atoms with Crippen molar-refractivity contribution in [1.82, 2.24) is 4.57 Å². The summed E-state index contributed by atoms with van der Waals surface area (Å²) in [5.41, 5.74) is 6.99. The van der Waals surface area contributed by atoms with Crippen molar-refractivity contribution in [3.05, 3.63) is 145 Å². The molecule has 3 nitrogen and oxygen atoms in total. The van der Waals surface area contributed by atoms with Crippen molar-refractivity contribution in [2.24, 2.45) is 0 Å². The molecular formula is C43H27NO2. The number of benzene rings is 7. The van der Waals surface area contributed by atoms with Gasteiger partial charge in [0.2, 0.25) is 0 Å². The van der Waals surface area contributed by atoms with Crippen LogP contribution in [-0.2, 0) is 0 Å². The molecule has 0 spiro atoms. The summed E-state index contributed by atoms with van der Waals surface area (Å²) in [6, 6.07) is 41.3. The standard InChI is InChI=1S/C43H27NO2/c1-3-4-14-28-25(2)45-42-33(28)19-11-20-36(42)44-35-24-22-26-12-5-7-15-29(26)38(35)39-40(44)32-18-10-9-17-31(32)37-34-23-21-27-13-6-8-16-30(27)41(34)46-43(37)39/h3-24H,1H2,2H3/b14-4-. The number of aromatic nitrogens is 1. The van der Waals surface area contributed by atoms with Crippen LogP contribution in [0.1, 0.15) is 11.3 Å². The number of nitrogens with zero attached hydrogens (tertiary/aromatic N) is 1. The third kappa shape index (κ3) is 3.21. The first-order valence-corrected chi connectivity index (χ1v) is 15.6. The van der Waals surface area contributed by atoms with Crippen LogP contribution in [0.25, 0.3) is 98.8 Å². The highest BCUT2D eigenvalue weighted by Crippen LogP contribution is 2.49. The second-order valence-corrected chi connectivity index (χ2v) is 12.1. The van der Waals surface area contributed by atoms with Gasteiger partial charge in [-0.2, -0.15) is 0 Å². The quantitative estimate of drug-likeness (QED) is 0.192. The number of hydrogen-bond acceptors (Lipinski definition) is 2. The minimum absolute atomic E-state index is 0.857. The molecule has 7 aromatic carbocycles. The highest BCUT2D eigenvalue weighted by molar-refractivity contribution is 6.38. The van der Waals surface area contributed by atoms with E-state index in [-0.39, 0.29) is 0 Å². The van der Waals surface area contributed by atoms with E-state index in [1.807, 2.05) is 13.0 Å². The molecule has 0 N–H and O–H groups in total. The maximum atomic E-state index is 7.09. The molecule has 216 valence electrons. The first kappa shape index (κ1) is 25.3. The molecule has 0 amide bonds. The van der Waals surface area contributed by atoms with Gasteiger partial charge in [-0.15, -0.1) is 0 Å². The fourth-order valence-corrected chi connectivity index (χ4v) is 7.75. The molecule has 0 unspecified atom stereocenters. The van der Waals surface area contributed by atoms with Crippen LogP contribution >= 0.6 is 0 Å². The van der Waals surface area contributed by atoms with E-state index in [1.54, 1.807) is 6.08 Å². The maximum Gasteiger partial charge on any atom is 0.158 e. The van der Waals surface area contributed by atoms with Crippen LogP contribution in [0.2, 0.25) is 0 Å². The van der Waals surface area contributed by atoms with Crippen LogP contribution in [-0.4, -0.2) is 4.57 Å². The molecule has 0 radical (unpaired) electrons. The van der Waals surface area contributed by atoms with Crippen molar-refractivity contribution in [3.8, 4) is 5.69 Å². The van der Waals surface area contributed by atoms with Crippen LogP contribution < -0.4 is 0 Å². The zero-order valence-corrected chi connectivity index (χ0v) is 25.2. The van der Waals surface area contributed by atoms with Crippen molar-refractivity contribution in [2.45, 2.75) is 6.92 Å². The molecule has 3 heterocycles. The summed E-state index contributed by atoms with van der Waals surface area (Å²) >= 11 is 0. The van der Waals surface area contributed by atoms with Crippen LogP contribution in [0.5, 0.6) is 0 Å². The Morgan fingerprint density at radius 3 is 2.07 bits per heavy atom. The zero-order chi connectivity index (χ0) is 30.5. The molecule has 0 atom stereocenters. The lowest BCUT2D eigenvalue weighted by atomic mass is 9.97. The van der Waals surface area contributed by atoms with Gasteiger partial charge in [0.05, 0.1) is 22.1 Å². The van der Waals surface area contributed by atoms with Crippen molar-refractivity contribution < 1.29 is 8.83 Å². The minimum atomic E-state index is 0.857. The molecule has 3 aromatic heterocycles. The summed E-state index contributed by atoms with van der Waals surface area (Å²) in [5, 5.41) is 12.7. The summed E-state index contributed by atoms with van der Waals surface area (Å²) in [6.45, 7) is 5.91. The molecule has 0 saturated carbocycles. The van der Waals surface area contributed by atoms with Gasteiger partial charge in [-0.05, 0) is 46.7 Å². The number of aryl methyl sites for hydroxylation is 1. The lowest BCUT2D eigenvalue weighted by Crippen LogP contribution is -1.95. The lowest BCUT2D eigenvalue weighted by molar-refractivity contribution is 0.576. The number of rotatable bonds is 3. The first-order chi connectivity index (χ1) is 22.7. The van der Waals surface area contributed by atoms with Gasteiger partial charge in [0.15, 0.2) is 5.58 Å². The first-order valence-electron chi connectivity index (χ1n) is 15.6. The molecule has 0 aliphatic carbocycles. The molecule has 0 saturated heterocycles. The molecule has 0 bridgehead atoms. The lowest BCUT2D eigenvalue weighted by Gasteiger charge is -2.11. The van der Waals surface area contributed by atoms with Crippen LogP contribution in [0.3, 0.4) is 0 Å². The third-order valence-electron chi connectivity index (χ3n) is 9.68. The Morgan fingerprint density at radius 2 is 1.24 bits per heavy atom. The second-order valence-electron chi connectivity index (χ2n) is 12.1.